The van der Waals surface area contributed by atoms with E-state index in [1.165, 1.54) is 23.1 Å². The number of anilines is 1. The molecule has 1 unspecified atom stereocenters. The summed E-state index contributed by atoms with van der Waals surface area (Å²) in [6.45, 7) is 0.404. The zero-order valence-electron chi connectivity index (χ0n) is 11.3. The third-order valence-corrected chi connectivity index (χ3v) is 4.13. The minimum Gasteiger partial charge on any atom is -0.480 e. The summed E-state index contributed by atoms with van der Waals surface area (Å²) in [6, 6.07) is 2.62. The number of carbonyl (C=O) groups excluding carboxylic acids is 1. The Kier molecular flexibility index (Phi) is 5.17. The van der Waals surface area contributed by atoms with Crippen LogP contribution in [0.25, 0.3) is 0 Å². The zero-order chi connectivity index (χ0) is 15.4. The summed E-state index contributed by atoms with van der Waals surface area (Å²) in [5, 5.41) is 11.9. The van der Waals surface area contributed by atoms with E-state index in [0.29, 0.717) is 23.1 Å². The number of nitrogens with zero attached hydrogens (tertiary/aromatic N) is 1. The first kappa shape index (κ1) is 15.8. The van der Waals surface area contributed by atoms with E-state index in [4.69, 9.17) is 0 Å². The van der Waals surface area contributed by atoms with E-state index >= 15 is 0 Å². The van der Waals surface area contributed by atoms with Crippen molar-refractivity contribution in [2.75, 3.05) is 11.9 Å². The van der Waals surface area contributed by atoms with Crippen molar-refractivity contribution < 1.29 is 19.1 Å². The molecule has 5 nitrogen and oxygen atoms in total. The standard InChI is InChI=1S/C14H16BrFN2O3/c15-10-8-9(16)5-6-11(10)17-14(21)18-7-3-1-2-4-12(18)13(19)20/h5-6,8,12H,1-4,7H2,(H,17,21)(H,19,20). The predicted octanol–water partition coefficient (Wildman–Crippen LogP) is 3.45. The predicted molar refractivity (Wildman–Crippen MR) is 79.7 cm³/mol. The molecule has 1 aromatic carbocycles. The summed E-state index contributed by atoms with van der Waals surface area (Å²) in [5.41, 5.74) is 0.412. The smallest absolute Gasteiger partial charge is 0.326 e. The summed E-state index contributed by atoms with van der Waals surface area (Å²) < 4.78 is 13.4. The molecule has 1 saturated heterocycles. The molecule has 2 N–H and O–H groups in total. The second kappa shape index (κ2) is 6.89. The Labute approximate surface area is 130 Å². The van der Waals surface area contributed by atoms with Crippen LogP contribution in [0.4, 0.5) is 14.9 Å². The number of hydrogen-bond donors (Lipinski definition) is 2. The molecule has 1 aromatic rings. The first-order valence-electron chi connectivity index (χ1n) is 6.74. The highest BCUT2D eigenvalue weighted by Gasteiger charge is 2.30. The molecule has 7 heteroatoms. The molecule has 2 rings (SSSR count). The monoisotopic (exact) mass is 358 g/mol. The Morgan fingerprint density at radius 1 is 1.33 bits per heavy atom. The molecule has 21 heavy (non-hydrogen) atoms. The summed E-state index contributed by atoms with van der Waals surface area (Å²) >= 11 is 3.17. The number of benzene rings is 1. The molecule has 1 heterocycles. The molecule has 1 atom stereocenters. The number of carbonyl (C=O) groups is 2. The third-order valence-electron chi connectivity index (χ3n) is 3.47. The van der Waals surface area contributed by atoms with Gasteiger partial charge in [0, 0.05) is 11.0 Å². The van der Waals surface area contributed by atoms with Crippen LogP contribution in [-0.4, -0.2) is 34.6 Å². The van der Waals surface area contributed by atoms with Crippen molar-refractivity contribution >= 4 is 33.6 Å². The van der Waals surface area contributed by atoms with Crippen molar-refractivity contribution in [3.05, 3.63) is 28.5 Å². The molecule has 0 spiro atoms. The highest BCUT2D eigenvalue weighted by atomic mass is 79.9. The van der Waals surface area contributed by atoms with Crippen LogP contribution >= 0.6 is 15.9 Å². The van der Waals surface area contributed by atoms with Crippen LogP contribution in [0.1, 0.15) is 25.7 Å². The van der Waals surface area contributed by atoms with E-state index in [1.54, 1.807) is 0 Å². The quantitative estimate of drug-likeness (QED) is 0.850. The Morgan fingerprint density at radius 2 is 2.10 bits per heavy atom. The number of rotatable bonds is 2. The molecule has 1 aliphatic rings. The number of likely N-dealkylation sites (tertiary alicyclic amines) is 1. The van der Waals surface area contributed by atoms with Crippen LogP contribution in [0.5, 0.6) is 0 Å². The molecular weight excluding hydrogens is 343 g/mol. The number of carboxylic acid groups (broad SMARTS) is 1. The summed E-state index contributed by atoms with van der Waals surface area (Å²) in [7, 11) is 0. The summed E-state index contributed by atoms with van der Waals surface area (Å²) in [5.74, 6) is -1.41. The van der Waals surface area contributed by atoms with Crippen molar-refractivity contribution in [1.82, 2.24) is 4.90 Å². The Morgan fingerprint density at radius 3 is 2.76 bits per heavy atom. The van der Waals surface area contributed by atoms with Crippen LogP contribution in [-0.2, 0) is 4.79 Å². The van der Waals surface area contributed by atoms with Gasteiger partial charge in [-0.25, -0.2) is 14.0 Å². The first-order chi connectivity index (χ1) is 9.99. The number of halogens is 2. The third kappa shape index (κ3) is 3.93. The fourth-order valence-electron chi connectivity index (χ4n) is 2.39. The maximum absolute atomic E-state index is 13.0. The lowest BCUT2D eigenvalue weighted by Gasteiger charge is -2.27. The van der Waals surface area contributed by atoms with Gasteiger partial charge in [-0.15, -0.1) is 0 Å². The SMILES string of the molecule is O=C(O)C1CCCCCN1C(=O)Nc1ccc(F)cc1Br. The lowest BCUT2D eigenvalue weighted by Crippen LogP contribution is -2.46. The van der Waals surface area contributed by atoms with Gasteiger partial charge in [0.1, 0.15) is 11.9 Å². The average molecular weight is 359 g/mol. The Balaban J connectivity index is 2.14. The fourth-order valence-corrected chi connectivity index (χ4v) is 2.84. The average Bonchev–Trinajstić information content (AvgIpc) is 2.67. The van der Waals surface area contributed by atoms with Crippen molar-refractivity contribution in [3.8, 4) is 0 Å². The summed E-state index contributed by atoms with van der Waals surface area (Å²) in [4.78, 5) is 25.0. The van der Waals surface area contributed by atoms with Gasteiger partial charge in [0.15, 0.2) is 0 Å². The van der Waals surface area contributed by atoms with Crippen molar-refractivity contribution in [2.45, 2.75) is 31.7 Å². The molecular formula is C14H16BrFN2O3. The van der Waals surface area contributed by atoms with E-state index in [-0.39, 0.29) is 0 Å². The fraction of sp³-hybridized carbons (Fsp3) is 0.429. The molecule has 114 valence electrons. The molecule has 0 aliphatic carbocycles. The van der Waals surface area contributed by atoms with Gasteiger partial charge in [0.05, 0.1) is 5.69 Å². The van der Waals surface area contributed by atoms with Crippen LogP contribution < -0.4 is 5.32 Å². The van der Waals surface area contributed by atoms with Crippen LogP contribution in [0.3, 0.4) is 0 Å². The maximum atomic E-state index is 13.0. The molecule has 0 saturated carbocycles. The van der Waals surface area contributed by atoms with Crippen LogP contribution in [0.15, 0.2) is 22.7 Å². The second-order valence-electron chi connectivity index (χ2n) is 4.95. The number of urea groups is 1. The Hall–Kier alpha value is -1.63. The van der Waals surface area contributed by atoms with Gasteiger partial charge in [0.2, 0.25) is 0 Å². The lowest BCUT2D eigenvalue weighted by atomic mass is 10.1. The molecule has 1 fully saturated rings. The largest absolute Gasteiger partial charge is 0.480 e. The van der Waals surface area contributed by atoms with Gasteiger partial charge in [0.25, 0.3) is 0 Å². The Bertz CT molecular complexity index is 553. The number of aliphatic carboxylic acids is 1. The minimum atomic E-state index is -0.995. The normalized spacial score (nSPS) is 19.0. The lowest BCUT2D eigenvalue weighted by molar-refractivity contribution is -0.142. The van der Waals surface area contributed by atoms with E-state index in [0.717, 1.165) is 19.3 Å². The first-order valence-corrected chi connectivity index (χ1v) is 7.54. The van der Waals surface area contributed by atoms with Gasteiger partial charge in [-0.2, -0.15) is 0 Å². The van der Waals surface area contributed by atoms with Gasteiger partial charge >= 0.3 is 12.0 Å². The van der Waals surface area contributed by atoms with Gasteiger partial charge in [-0.1, -0.05) is 12.8 Å². The molecule has 2 amide bonds. The zero-order valence-corrected chi connectivity index (χ0v) is 12.9. The van der Waals surface area contributed by atoms with E-state index in [9.17, 15) is 19.1 Å². The second-order valence-corrected chi connectivity index (χ2v) is 5.81. The van der Waals surface area contributed by atoms with E-state index < -0.39 is 23.9 Å². The van der Waals surface area contributed by atoms with Crippen molar-refractivity contribution in [2.24, 2.45) is 0 Å². The van der Waals surface area contributed by atoms with E-state index in [2.05, 4.69) is 21.2 Å². The number of nitrogens with one attached hydrogen (secondary N) is 1. The minimum absolute atomic E-state index is 0.404. The van der Waals surface area contributed by atoms with Gasteiger partial charge in [-0.05, 0) is 47.0 Å². The molecule has 1 aliphatic heterocycles. The van der Waals surface area contributed by atoms with Crippen molar-refractivity contribution in [1.29, 1.82) is 0 Å². The number of amides is 2. The summed E-state index contributed by atoms with van der Waals surface area (Å²) in [6.07, 6.45) is 2.93. The number of hydrogen-bond acceptors (Lipinski definition) is 2. The molecule has 0 radical (unpaired) electrons. The topological polar surface area (TPSA) is 69.6 Å². The van der Waals surface area contributed by atoms with E-state index in [1.807, 2.05) is 0 Å². The maximum Gasteiger partial charge on any atom is 0.326 e. The van der Waals surface area contributed by atoms with Gasteiger partial charge in [-0.3, -0.25) is 0 Å². The molecule has 0 bridgehead atoms. The van der Waals surface area contributed by atoms with Crippen molar-refractivity contribution in [3.63, 3.8) is 0 Å². The van der Waals surface area contributed by atoms with Crippen LogP contribution in [0.2, 0.25) is 0 Å². The highest BCUT2D eigenvalue weighted by molar-refractivity contribution is 9.10. The van der Waals surface area contributed by atoms with Crippen LogP contribution in [0, 0.1) is 5.82 Å². The molecule has 0 aromatic heterocycles. The van der Waals surface area contributed by atoms with Gasteiger partial charge < -0.3 is 15.3 Å². The highest BCUT2D eigenvalue weighted by Crippen LogP contribution is 2.24. The number of carboxylic acids is 1.